The maximum absolute atomic E-state index is 12.7. The molecule has 7 heteroatoms. The number of amides is 2. The fourth-order valence-electron chi connectivity index (χ4n) is 5.92. The summed E-state index contributed by atoms with van der Waals surface area (Å²) in [5.74, 6) is -0.325. The number of hydrogen-bond acceptors (Lipinski definition) is 4. The van der Waals surface area contributed by atoms with Crippen molar-refractivity contribution in [3.05, 3.63) is 58.3 Å². The third kappa shape index (κ3) is 4.73. The van der Waals surface area contributed by atoms with E-state index in [2.05, 4.69) is 17.1 Å². The molecule has 1 atom stereocenters. The Bertz CT molecular complexity index is 1390. The topological polar surface area (TPSA) is 109 Å². The SMILES string of the molecule is CC(C)(C)OC(=O)N1CCc2c(cccc2-c2ccc(C(N)=O)c3[nH]c4c(c23)CCC(C(C)(C)O)C4)C1. The van der Waals surface area contributed by atoms with Crippen molar-refractivity contribution in [2.24, 2.45) is 11.7 Å². The molecule has 1 unspecified atom stereocenters. The zero-order chi connectivity index (χ0) is 26.7. The summed E-state index contributed by atoms with van der Waals surface area (Å²) >= 11 is 0. The number of ether oxygens (including phenoxy) is 1. The van der Waals surface area contributed by atoms with E-state index in [1.54, 1.807) is 4.90 Å². The molecule has 2 aromatic carbocycles. The zero-order valence-corrected chi connectivity index (χ0v) is 22.4. The summed E-state index contributed by atoms with van der Waals surface area (Å²) in [5.41, 5.74) is 12.5. The molecule has 1 aliphatic carbocycles. The van der Waals surface area contributed by atoms with Crippen LogP contribution >= 0.6 is 0 Å². The van der Waals surface area contributed by atoms with Gasteiger partial charge >= 0.3 is 6.09 Å². The van der Waals surface area contributed by atoms with Gasteiger partial charge in [0.2, 0.25) is 0 Å². The molecule has 2 heterocycles. The number of nitrogens with two attached hydrogens (primary N) is 1. The van der Waals surface area contributed by atoms with Gasteiger partial charge in [-0.05, 0) is 100 Å². The molecule has 2 amide bonds. The van der Waals surface area contributed by atoms with Crippen LogP contribution in [0.15, 0.2) is 30.3 Å². The predicted molar refractivity (Wildman–Crippen MR) is 144 cm³/mol. The van der Waals surface area contributed by atoms with Gasteiger partial charge in [-0.1, -0.05) is 24.3 Å². The van der Waals surface area contributed by atoms with Crippen LogP contribution in [0.2, 0.25) is 0 Å². The molecule has 0 saturated heterocycles. The smallest absolute Gasteiger partial charge is 0.410 e. The van der Waals surface area contributed by atoms with E-state index in [0.29, 0.717) is 18.7 Å². The van der Waals surface area contributed by atoms with E-state index in [0.717, 1.165) is 59.0 Å². The van der Waals surface area contributed by atoms with Crippen LogP contribution in [0, 0.1) is 5.92 Å². The molecule has 1 aromatic heterocycles. The fourth-order valence-corrected chi connectivity index (χ4v) is 5.92. The van der Waals surface area contributed by atoms with E-state index in [9.17, 15) is 14.7 Å². The molecular formula is C30H37N3O4. The van der Waals surface area contributed by atoms with Gasteiger partial charge in [0.05, 0.1) is 16.7 Å². The fraction of sp³-hybridized carbons (Fsp3) is 0.467. The lowest BCUT2D eigenvalue weighted by molar-refractivity contribution is 0.0107. The molecule has 3 aromatic rings. The van der Waals surface area contributed by atoms with Gasteiger partial charge in [0.1, 0.15) is 5.60 Å². The number of carbonyl (C=O) groups is 2. The van der Waals surface area contributed by atoms with Gasteiger partial charge in [0.25, 0.3) is 5.91 Å². The second-order valence-corrected chi connectivity index (χ2v) is 12.0. The van der Waals surface area contributed by atoms with Crippen molar-refractivity contribution in [1.29, 1.82) is 0 Å². The molecule has 196 valence electrons. The number of nitrogens with one attached hydrogen (secondary N) is 1. The Morgan fingerprint density at radius 1 is 1.05 bits per heavy atom. The third-order valence-electron chi connectivity index (χ3n) is 7.81. The molecule has 0 spiro atoms. The first kappa shape index (κ1) is 25.3. The Morgan fingerprint density at radius 3 is 2.49 bits per heavy atom. The highest BCUT2D eigenvalue weighted by molar-refractivity contribution is 6.11. The lowest BCUT2D eigenvalue weighted by Crippen LogP contribution is -2.40. The Balaban J connectivity index is 1.59. The van der Waals surface area contributed by atoms with Crippen LogP contribution < -0.4 is 5.73 Å². The van der Waals surface area contributed by atoms with E-state index in [-0.39, 0.29) is 12.0 Å². The minimum atomic E-state index is -0.775. The van der Waals surface area contributed by atoms with Crippen LogP contribution in [0.3, 0.4) is 0 Å². The molecule has 0 fully saturated rings. The van der Waals surface area contributed by atoms with E-state index in [1.165, 1.54) is 11.1 Å². The lowest BCUT2D eigenvalue weighted by atomic mass is 9.77. The first-order valence-electron chi connectivity index (χ1n) is 13.1. The second-order valence-electron chi connectivity index (χ2n) is 12.0. The number of aromatic nitrogens is 1. The van der Waals surface area contributed by atoms with E-state index in [1.807, 2.05) is 52.8 Å². The molecule has 2 aliphatic rings. The summed E-state index contributed by atoms with van der Waals surface area (Å²) in [4.78, 5) is 30.3. The second kappa shape index (κ2) is 8.91. The number of hydrogen-bond donors (Lipinski definition) is 3. The van der Waals surface area contributed by atoms with Crippen LogP contribution in [-0.4, -0.2) is 44.7 Å². The van der Waals surface area contributed by atoms with Crippen LogP contribution in [0.4, 0.5) is 4.79 Å². The van der Waals surface area contributed by atoms with Crippen molar-refractivity contribution in [1.82, 2.24) is 9.88 Å². The molecule has 0 radical (unpaired) electrons. The number of fused-ring (bicyclic) bond motifs is 4. The van der Waals surface area contributed by atoms with Crippen LogP contribution in [0.5, 0.6) is 0 Å². The minimum Gasteiger partial charge on any atom is -0.444 e. The predicted octanol–water partition coefficient (Wildman–Crippen LogP) is 5.10. The van der Waals surface area contributed by atoms with Gasteiger partial charge in [-0.25, -0.2) is 4.79 Å². The number of benzene rings is 2. The van der Waals surface area contributed by atoms with Gasteiger partial charge in [-0.15, -0.1) is 0 Å². The molecule has 7 nitrogen and oxygen atoms in total. The minimum absolute atomic E-state index is 0.136. The normalized spacial score (nSPS) is 17.9. The summed E-state index contributed by atoms with van der Waals surface area (Å²) in [5, 5.41) is 11.7. The quantitative estimate of drug-likeness (QED) is 0.462. The van der Waals surface area contributed by atoms with Crippen molar-refractivity contribution in [3.63, 3.8) is 0 Å². The van der Waals surface area contributed by atoms with E-state index < -0.39 is 17.1 Å². The first-order valence-corrected chi connectivity index (χ1v) is 13.1. The molecule has 5 rings (SSSR count). The van der Waals surface area contributed by atoms with Gasteiger partial charge < -0.3 is 25.5 Å². The van der Waals surface area contributed by atoms with Crippen molar-refractivity contribution in [2.45, 2.75) is 78.0 Å². The van der Waals surface area contributed by atoms with Gasteiger partial charge in [0, 0.05) is 24.2 Å². The van der Waals surface area contributed by atoms with Crippen LogP contribution in [0.25, 0.3) is 22.0 Å². The molecule has 37 heavy (non-hydrogen) atoms. The van der Waals surface area contributed by atoms with Crippen LogP contribution in [-0.2, 0) is 30.5 Å². The zero-order valence-electron chi connectivity index (χ0n) is 22.4. The van der Waals surface area contributed by atoms with Crippen molar-refractivity contribution >= 4 is 22.9 Å². The third-order valence-corrected chi connectivity index (χ3v) is 7.81. The Morgan fingerprint density at radius 2 is 1.81 bits per heavy atom. The number of rotatable bonds is 3. The van der Waals surface area contributed by atoms with Gasteiger partial charge in [-0.2, -0.15) is 0 Å². The monoisotopic (exact) mass is 503 g/mol. The number of carbonyl (C=O) groups excluding carboxylic acids is 2. The number of H-pyrrole nitrogens is 1. The average molecular weight is 504 g/mol. The Kier molecular flexibility index (Phi) is 6.10. The van der Waals surface area contributed by atoms with E-state index >= 15 is 0 Å². The molecular weight excluding hydrogens is 466 g/mol. The highest BCUT2D eigenvalue weighted by Gasteiger charge is 2.34. The maximum Gasteiger partial charge on any atom is 0.410 e. The number of aromatic amines is 1. The average Bonchev–Trinajstić information content (AvgIpc) is 3.20. The first-order chi connectivity index (χ1) is 17.3. The number of nitrogens with zero attached hydrogens (tertiary/aromatic N) is 1. The number of aryl methyl sites for hydroxylation is 1. The molecule has 4 N–H and O–H groups in total. The maximum atomic E-state index is 12.7. The number of aliphatic hydroxyl groups is 1. The van der Waals surface area contributed by atoms with Gasteiger partial charge in [0.15, 0.2) is 0 Å². The standard InChI is InChI=1S/C30H37N3O4/c1-29(2,3)37-28(35)33-14-13-19-17(16-33)7-6-8-20(19)21-11-12-23(27(31)34)26-25(21)22-10-9-18(30(4,5)36)15-24(22)32-26/h6-8,11-12,18,32,36H,9-10,13-16H2,1-5H3,(H2,31,34). The van der Waals surface area contributed by atoms with Gasteiger partial charge in [-0.3, -0.25) is 4.79 Å². The van der Waals surface area contributed by atoms with Crippen molar-refractivity contribution < 1.29 is 19.4 Å². The lowest BCUT2D eigenvalue weighted by Gasteiger charge is -2.33. The summed E-state index contributed by atoms with van der Waals surface area (Å²) in [7, 11) is 0. The van der Waals surface area contributed by atoms with E-state index in [4.69, 9.17) is 10.5 Å². The molecule has 0 bridgehead atoms. The summed E-state index contributed by atoms with van der Waals surface area (Å²) in [6.45, 7) is 10.4. The largest absolute Gasteiger partial charge is 0.444 e. The summed E-state index contributed by atoms with van der Waals surface area (Å²) in [6, 6.07) is 10.1. The van der Waals surface area contributed by atoms with Crippen LogP contribution in [0.1, 0.15) is 73.8 Å². The molecule has 1 aliphatic heterocycles. The highest BCUT2D eigenvalue weighted by atomic mass is 16.6. The Labute approximate surface area is 218 Å². The summed E-state index contributed by atoms with van der Waals surface area (Å²) < 4.78 is 5.61. The molecule has 0 saturated carbocycles. The number of primary amides is 1. The Hall–Kier alpha value is -3.32. The highest BCUT2D eigenvalue weighted by Crippen LogP contribution is 2.42. The summed E-state index contributed by atoms with van der Waals surface area (Å²) in [6.07, 6.45) is 2.85. The van der Waals surface area contributed by atoms with Crippen molar-refractivity contribution in [3.8, 4) is 11.1 Å². The van der Waals surface area contributed by atoms with Crippen molar-refractivity contribution in [2.75, 3.05) is 6.54 Å².